The molecule has 1 saturated heterocycles. The minimum absolute atomic E-state index is 0.0214. The van der Waals surface area contributed by atoms with Gasteiger partial charge in [-0.25, -0.2) is 10.9 Å². The van der Waals surface area contributed by atoms with Crippen molar-refractivity contribution >= 4 is 11.6 Å². The predicted molar refractivity (Wildman–Crippen MR) is 104 cm³/mol. The molecule has 2 atom stereocenters. The zero-order valence-corrected chi connectivity index (χ0v) is 15.6. The molecule has 1 aliphatic heterocycles. The first kappa shape index (κ1) is 18.4. The monoisotopic (exact) mass is 353 g/mol. The maximum atomic E-state index is 12.6. The maximum absolute atomic E-state index is 12.6. The Morgan fingerprint density at radius 1 is 1.19 bits per heavy atom. The highest BCUT2D eigenvalue weighted by Gasteiger charge is 2.30. The van der Waals surface area contributed by atoms with E-state index in [1.807, 2.05) is 49.4 Å². The van der Waals surface area contributed by atoms with Gasteiger partial charge >= 0.3 is 0 Å². The average molecular weight is 353 g/mol. The third-order valence-corrected chi connectivity index (χ3v) is 4.63. The van der Waals surface area contributed by atoms with Crippen LogP contribution in [0.15, 0.2) is 48.5 Å². The Morgan fingerprint density at radius 3 is 2.65 bits per heavy atom. The molecule has 0 spiro atoms. The van der Waals surface area contributed by atoms with E-state index in [1.54, 1.807) is 0 Å². The van der Waals surface area contributed by atoms with Gasteiger partial charge in [0, 0.05) is 11.7 Å². The van der Waals surface area contributed by atoms with E-state index in [1.165, 1.54) is 5.56 Å². The van der Waals surface area contributed by atoms with Gasteiger partial charge in [-0.1, -0.05) is 38.1 Å². The highest BCUT2D eigenvalue weighted by Crippen LogP contribution is 2.25. The standard InChI is InChI=1S/C21H27N3O2/c1-4-26-18-10-8-15(9-11-18)19-13-20(24-23-19)21(25)22-17-7-5-6-16(12-17)14(2)3/h5-12,14,19-20,23-24H,4,13H2,1-3H3,(H,22,25). The summed E-state index contributed by atoms with van der Waals surface area (Å²) in [6, 6.07) is 15.9. The summed E-state index contributed by atoms with van der Waals surface area (Å²) in [7, 11) is 0. The van der Waals surface area contributed by atoms with E-state index in [-0.39, 0.29) is 18.0 Å². The van der Waals surface area contributed by atoms with Crippen molar-refractivity contribution in [2.24, 2.45) is 0 Å². The van der Waals surface area contributed by atoms with Crippen LogP contribution in [0.5, 0.6) is 5.75 Å². The summed E-state index contributed by atoms with van der Waals surface area (Å²) in [6.07, 6.45) is 0.698. The van der Waals surface area contributed by atoms with Crippen molar-refractivity contribution in [2.75, 3.05) is 11.9 Å². The van der Waals surface area contributed by atoms with Crippen molar-refractivity contribution in [3.8, 4) is 5.75 Å². The summed E-state index contributed by atoms with van der Waals surface area (Å²) in [5, 5.41) is 3.02. The Bertz CT molecular complexity index is 743. The van der Waals surface area contributed by atoms with Crippen LogP contribution in [0.2, 0.25) is 0 Å². The van der Waals surface area contributed by atoms with Gasteiger partial charge < -0.3 is 10.1 Å². The zero-order valence-electron chi connectivity index (χ0n) is 15.6. The quantitative estimate of drug-likeness (QED) is 0.740. The second kappa shape index (κ2) is 8.34. The third-order valence-electron chi connectivity index (χ3n) is 4.63. The number of carbonyl (C=O) groups is 1. The van der Waals surface area contributed by atoms with Crippen LogP contribution in [0.25, 0.3) is 0 Å². The van der Waals surface area contributed by atoms with Crippen LogP contribution in [0.1, 0.15) is 50.3 Å². The molecule has 5 nitrogen and oxygen atoms in total. The van der Waals surface area contributed by atoms with Crippen molar-refractivity contribution in [1.29, 1.82) is 0 Å². The molecule has 2 aromatic rings. The Kier molecular flexibility index (Phi) is 5.91. The van der Waals surface area contributed by atoms with Crippen LogP contribution in [0.3, 0.4) is 0 Å². The molecule has 138 valence electrons. The molecule has 0 bridgehead atoms. The lowest BCUT2D eigenvalue weighted by Gasteiger charge is -2.13. The molecule has 2 aromatic carbocycles. The summed E-state index contributed by atoms with van der Waals surface area (Å²) in [6.45, 7) is 6.91. The Balaban J connectivity index is 1.59. The SMILES string of the molecule is CCOc1ccc(C2CC(C(=O)Nc3cccc(C(C)C)c3)NN2)cc1. The van der Waals surface area contributed by atoms with E-state index in [0.717, 1.165) is 17.0 Å². The molecule has 2 unspecified atom stereocenters. The van der Waals surface area contributed by atoms with Gasteiger partial charge in [-0.15, -0.1) is 0 Å². The number of amides is 1. The normalized spacial score (nSPS) is 19.5. The van der Waals surface area contributed by atoms with Crippen molar-refractivity contribution in [3.05, 3.63) is 59.7 Å². The first-order valence-electron chi connectivity index (χ1n) is 9.21. The number of nitrogens with one attached hydrogen (secondary N) is 3. The van der Waals surface area contributed by atoms with Crippen molar-refractivity contribution < 1.29 is 9.53 Å². The summed E-state index contributed by atoms with van der Waals surface area (Å²) < 4.78 is 5.48. The van der Waals surface area contributed by atoms with Crippen LogP contribution in [-0.4, -0.2) is 18.6 Å². The number of carbonyl (C=O) groups excluding carboxylic acids is 1. The molecule has 26 heavy (non-hydrogen) atoms. The number of rotatable bonds is 6. The Labute approximate surface area is 155 Å². The lowest BCUT2D eigenvalue weighted by molar-refractivity contribution is -0.117. The van der Waals surface area contributed by atoms with E-state index in [4.69, 9.17) is 4.74 Å². The lowest BCUT2D eigenvalue weighted by Crippen LogP contribution is -2.39. The number of benzene rings is 2. The van der Waals surface area contributed by atoms with Gasteiger partial charge in [0.1, 0.15) is 11.8 Å². The molecule has 1 heterocycles. The first-order chi connectivity index (χ1) is 12.6. The topological polar surface area (TPSA) is 62.4 Å². The second-order valence-corrected chi connectivity index (χ2v) is 6.90. The van der Waals surface area contributed by atoms with Crippen molar-refractivity contribution in [1.82, 2.24) is 10.9 Å². The van der Waals surface area contributed by atoms with Crippen molar-refractivity contribution in [3.63, 3.8) is 0 Å². The fourth-order valence-corrected chi connectivity index (χ4v) is 3.11. The Morgan fingerprint density at radius 2 is 1.96 bits per heavy atom. The Hall–Kier alpha value is -2.37. The molecular formula is C21H27N3O2. The van der Waals surface area contributed by atoms with E-state index in [9.17, 15) is 4.79 Å². The molecule has 5 heteroatoms. The molecule has 0 radical (unpaired) electrons. The van der Waals surface area contributed by atoms with Crippen molar-refractivity contribution in [2.45, 2.75) is 45.2 Å². The molecule has 3 N–H and O–H groups in total. The van der Waals surface area contributed by atoms with E-state index in [0.29, 0.717) is 18.9 Å². The van der Waals surface area contributed by atoms with Crippen LogP contribution in [-0.2, 0) is 4.79 Å². The molecule has 0 saturated carbocycles. The van der Waals surface area contributed by atoms with Crippen LogP contribution < -0.4 is 20.9 Å². The fourth-order valence-electron chi connectivity index (χ4n) is 3.11. The number of hydrogen-bond acceptors (Lipinski definition) is 4. The number of hydrogen-bond donors (Lipinski definition) is 3. The first-order valence-corrected chi connectivity index (χ1v) is 9.21. The zero-order chi connectivity index (χ0) is 18.5. The van der Waals surface area contributed by atoms with Gasteiger partial charge in [0.15, 0.2) is 0 Å². The highest BCUT2D eigenvalue weighted by molar-refractivity contribution is 5.95. The molecule has 0 aromatic heterocycles. The van der Waals surface area contributed by atoms with E-state index in [2.05, 4.69) is 36.1 Å². The van der Waals surface area contributed by atoms with Crippen LogP contribution >= 0.6 is 0 Å². The predicted octanol–water partition coefficient (Wildman–Crippen LogP) is 3.76. The average Bonchev–Trinajstić information content (AvgIpc) is 3.13. The smallest absolute Gasteiger partial charge is 0.242 e. The van der Waals surface area contributed by atoms with Crippen LogP contribution in [0.4, 0.5) is 5.69 Å². The van der Waals surface area contributed by atoms with Gasteiger partial charge in [0.2, 0.25) is 5.91 Å². The summed E-state index contributed by atoms with van der Waals surface area (Å²) in [4.78, 5) is 12.6. The second-order valence-electron chi connectivity index (χ2n) is 6.90. The van der Waals surface area contributed by atoms with E-state index < -0.39 is 0 Å². The number of hydrazine groups is 1. The largest absolute Gasteiger partial charge is 0.494 e. The maximum Gasteiger partial charge on any atom is 0.242 e. The number of ether oxygens (including phenoxy) is 1. The summed E-state index contributed by atoms with van der Waals surface area (Å²) >= 11 is 0. The molecule has 3 rings (SSSR count). The highest BCUT2D eigenvalue weighted by atomic mass is 16.5. The minimum atomic E-state index is -0.269. The lowest BCUT2D eigenvalue weighted by atomic mass is 10.0. The summed E-state index contributed by atoms with van der Waals surface area (Å²) in [5.74, 6) is 1.27. The van der Waals surface area contributed by atoms with Gasteiger partial charge in [-0.05, 0) is 54.7 Å². The fraction of sp³-hybridized carbons (Fsp3) is 0.381. The number of anilines is 1. The molecule has 1 fully saturated rings. The molecule has 1 amide bonds. The molecule has 0 aliphatic carbocycles. The van der Waals surface area contributed by atoms with Gasteiger partial charge in [0.25, 0.3) is 0 Å². The molecule has 1 aliphatic rings. The molecular weight excluding hydrogens is 326 g/mol. The van der Waals surface area contributed by atoms with Gasteiger partial charge in [0.05, 0.1) is 6.61 Å². The summed E-state index contributed by atoms with van der Waals surface area (Å²) in [5.41, 5.74) is 9.52. The van der Waals surface area contributed by atoms with Crippen LogP contribution in [0, 0.1) is 0 Å². The minimum Gasteiger partial charge on any atom is -0.494 e. The van der Waals surface area contributed by atoms with Gasteiger partial charge in [-0.2, -0.15) is 0 Å². The van der Waals surface area contributed by atoms with E-state index >= 15 is 0 Å². The van der Waals surface area contributed by atoms with Gasteiger partial charge in [-0.3, -0.25) is 4.79 Å². The third kappa shape index (κ3) is 4.42.